The van der Waals surface area contributed by atoms with Gasteiger partial charge in [0.1, 0.15) is 23.0 Å². The summed E-state index contributed by atoms with van der Waals surface area (Å²) in [7, 11) is 3.10. The third kappa shape index (κ3) is 5.13. The third-order valence-corrected chi connectivity index (χ3v) is 4.10. The summed E-state index contributed by atoms with van der Waals surface area (Å²) in [6.07, 6.45) is 0. The molecule has 0 aliphatic rings. The number of hydrogen-bond acceptors (Lipinski definition) is 6. The van der Waals surface area contributed by atoms with Gasteiger partial charge < -0.3 is 18.9 Å². The molecule has 0 amide bonds. The summed E-state index contributed by atoms with van der Waals surface area (Å²) in [5.74, 6) is 0.803. The van der Waals surface area contributed by atoms with Gasteiger partial charge in [0.2, 0.25) is 0 Å². The van der Waals surface area contributed by atoms with Crippen LogP contribution in [-0.2, 0) is 0 Å². The number of methoxy groups -OCH3 is 2. The zero-order valence-electron chi connectivity index (χ0n) is 16.3. The molecule has 0 aliphatic heterocycles. The van der Waals surface area contributed by atoms with Crippen LogP contribution in [0.1, 0.15) is 26.3 Å². The van der Waals surface area contributed by atoms with Crippen molar-refractivity contribution in [2.24, 2.45) is 0 Å². The Balaban J connectivity index is 1.72. The van der Waals surface area contributed by atoms with Gasteiger partial charge in [0, 0.05) is 6.07 Å². The van der Waals surface area contributed by atoms with Crippen LogP contribution in [0.4, 0.5) is 0 Å². The van der Waals surface area contributed by atoms with Gasteiger partial charge in [-0.2, -0.15) is 0 Å². The minimum Gasteiger partial charge on any atom is -0.497 e. The Morgan fingerprint density at radius 1 is 0.586 bits per heavy atom. The fourth-order valence-electron chi connectivity index (χ4n) is 2.62. The average Bonchev–Trinajstić information content (AvgIpc) is 2.73. The van der Waals surface area contributed by atoms with Crippen molar-refractivity contribution in [2.75, 3.05) is 14.2 Å². The Bertz CT molecular complexity index is 927. The first-order chi connectivity index (χ1) is 14.0. The Kier molecular flexibility index (Phi) is 6.14. The molecular weight excluding hydrogens is 372 g/mol. The molecular formula is C23H20O6. The number of ether oxygens (including phenoxy) is 4. The molecule has 3 aromatic rings. The Morgan fingerprint density at radius 2 is 0.966 bits per heavy atom. The molecule has 0 N–H and O–H groups in total. The lowest BCUT2D eigenvalue weighted by Gasteiger charge is -2.10. The summed E-state index contributed by atoms with van der Waals surface area (Å²) < 4.78 is 21.0. The maximum Gasteiger partial charge on any atom is 0.343 e. The zero-order valence-corrected chi connectivity index (χ0v) is 16.3. The lowest BCUT2D eigenvalue weighted by atomic mass is 10.2. The van der Waals surface area contributed by atoms with Crippen LogP contribution >= 0.6 is 0 Å². The number of hydrogen-bond donors (Lipinski definition) is 0. The molecule has 0 radical (unpaired) electrons. The predicted octanol–water partition coefficient (Wildman–Crippen LogP) is 4.45. The van der Waals surface area contributed by atoms with Gasteiger partial charge in [-0.25, -0.2) is 9.59 Å². The van der Waals surface area contributed by atoms with Gasteiger partial charge in [-0.05, 0) is 73.2 Å². The molecule has 0 unspecified atom stereocenters. The van der Waals surface area contributed by atoms with Crippen molar-refractivity contribution in [3.63, 3.8) is 0 Å². The van der Waals surface area contributed by atoms with Crippen LogP contribution < -0.4 is 18.9 Å². The van der Waals surface area contributed by atoms with E-state index in [0.717, 1.165) is 5.56 Å². The smallest absolute Gasteiger partial charge is 0.343 e. The number of carbonyl (C=O) groups excluding carboxylic acids is 2. The van der Waals surface area contributed by atoms with E-state index < -0.39 is 11.9 Å². The molecule has 0 aromatic heterocycles. The molecule has 6 heteroatoms. The molecule has 0 atom stereocenters. The van der Waals surface area contributed by atoms with E-state index in [1.54, 1.807) is 74.9 Å². The van der Waals surface area contributed by atoms with Gasteiger partial charge in [-0.3, -0.25) is 0 Å². The highest BCUT2D eigenvalue weighted by Crippen LogP contribution is 2.25. The van der Waals surface area contributed by atoms with E-state index >= 15 is 0 Å². The summed E-state index contributed by atoms with van der Waals surface area (Å²) in [6, 6.07) is 18.0. The van der Waals surface area contributed by atoms with Gasteiger partial charge in [-0.15, -0.1) is 0 Å². The van der Waals surface area contributed by atoms with Crippen LogP contribution in [0.3, 0.4) is 0 Å². The number of benzene rings is 3. The van der Waals surface area contributed by atoms with Crippen LogP contribution in [0.2, 0.25) is 0 Å². The summed E-state index contributed by atoms with van der Waals surface area (Å²) in [6.45, 7) is 1.81. The Hall–Kier alpha value is -3.80. The maximum atomic E-state index is 12.4. The second-order valence-corrected chi connectivity index (χ2v) is 6.22. The van der Waals surface area contributed by atoms with Gasteiger partial charge in [0.05, 0.1) is 25.3 Å². The van der Waals surface area contributed by atoms with Crippen molar-refractivity contribution < 1.29 is 28.5 Å². The minimum absolute atomic E-state index is 0.281. The van der Waals surface area contributed by atoms with Crippen molar-refractivity contribution in [3.8, 4) is 23.0 Å². The van der Waals surface area contributed by atoms with E-state index in [0.29, 0.717) is 22.6 Å². The third-order valence-electron chi connectivity index (χ3n) is 4.10. The van der Waals surface area contributed by atoms with Crippen molar-refractivity contribution in [3.05, 3.63) is 83.4 Å². The first-order valence-electron chi connectivity index (χ1n) is 8.82. The number of esters is 2. The monoisotopic (exact) mass is 392 g/mol. The largest absolute Gasteiger partial charge is 0.497 e. The lowest BCUT2D eigenvalue weighted by molar-refractivity contribution is 0.0733. The molecule has 3 rings (SSSR count). The topological polar surface area (TPSA) is 71.1 Å². The van der Waals surface area contributed by atoms with Gasteiger partial charge in [0.25, 0.3) is 0 Å². The van der Waals surface area contributed by atoms with E-state index in [2.05, 4.69) is 0 Å². The predicted molar refractivity (Wildman–Crippen MR) is 107 cm³/mol. The van der Waals surface area contributed by atoms with Crippen molar-refractivity contribution in [1.82, 2.24) is 0 Å². The fourth-order valence-corrected chi connectivity index (χ4v) is 2.62. The molecule has 0 fully saturated rings. The molecule has 0 spiro atoms. The molecule has 0 saturated carbocycles. The molecule has 3 aromatic carbocycles. The van der Waals surface area contributed by atoms with Gasteiger partial charge in [0.15, 0.2) is 0 Å². The Labute approximate surface area is 168 Å². The highest BCUT2D eigenvalue weighted by Gasteiger charge is 2.13. The molecule has 0 aliphatic carbocycles. The van der Waals surface area contributed by atoms with Crippen molar-refractivity contribution in [1.29, 1.82) is 0 Å². The average molecular weight is 392 g/mol. The van der Waals surface area contributed by atoms with E-state index in [1.165, 1.54) is 6.07 Å². The van der Waals surface area contributed by atoms with Crippen molar-refractivity contribution in [2.45, 2.75) is 6.92 Å². The van der Waals surface area contributed by atoms with E-state index in [-0.39, 0.29) is 11.5 Å². The van der Waals surface area contributed by atoms with Crippen LogP contribution in [-0.4, -0.2) is 26.2 Å². The molecule has 0 heterocycles. The van der Waals surface area contributed by atoms with Crippen LogP contribution in [0.25, 0.3) is 0 Å². The van der Waals surface area contributed by atoms with Crippen LogP contribution in [0.5, 0.6) is 23.0 Å². The standard InChI is InChI=1S/C23H20O6/c1-15-12-20(28-22(24)16-4-8-18(26-2)9-5-16)14-21(13-15)29-23(25)17-6-10-19(27-3)11-7-17/h4-14H,1-3H3. The van der Waals surface area contributed by atoms with E-state index in [1.807, 2.05) is 6.92 Å². The number of carbonyl (C=O) groups is 2. The zero-order chi connectivity index (χ0) is 20.8. The second-order valence-electron chi connectivity index (χ2n) is 6.22. The van der Waals surface area contributed by atoms with E-state index in [4.69, 9.17) is 18.9 Å². The molecule has 6 nitrogen and oxygen atoms in total. The van der Waals surface area contributed by atoms with Gasteiger partial charge in [-0.1, -0.05) is 0 Å². The molecule has 0 saturated heterocycles. The van der Waals surface area contributed by atoms with Crippen LogP contribution in [0.15, 0.2) is 66.7 Å². The lowest BCUT2D eigenvalue weighted by Crippen LogP contribution is -2.10. The first kappa shape index (κ1) is 19.9. The summed E-state index contributed by atoms with van der Waals surface area (Å²) in [5.41, 5.74) is 1.54. The quantitative estimate of drug-likeness (QED) is 0.456. The summed E-state index contributed by atoms with van der Waals surface area (Å²) >= 11 is 0. The van der Waals surface area contributed by atoms with E-state index in [9.17, 15) is 9.59 Å². The fraction of sp³-hybridized carbons (Fsp3) is 0.130. The maximum absolute atomic E-state index is 12.4. The molecule has 29 heavy (non-hydrogen) atoms. The summed E-state index contributed by atoms with van der Waals surface area (Å²) in [5, 5.41) is 0. The normalized spacial score (nSPS) is 10.2. The first-order valence-corrected chi connectivity index (χ1v) is 8.82. The van der Waals surface area contributed by atoms with Gasteiger partial charge >= 0.3 is 11.9 Å². The molecule has 0 bridgehead atoms. The highest BCUT2D eigenvalue weighted by atomic mass is 16.5. The summed E-state index contributed by atoms with van der Waals surface area (Å²) in [4.78, 5) is 24.7. The number of rotatable bonds is 6. The second kappa shape index (κ2) is 8.93. The minimum atomic E-state index is -0.523. The molecule has 148 valence electrons. The Morgan fingerprint density at radius 3 is 1.31 bits per heavy atom. The van der Waals surface area contributed by atoms with Crippen LogP contribution in [0, 0.1) is 6.92 Å². The number of aryl methyl sites for hydroxylation is 1. The highest BCUT2D eigenvalue weighted by molar-refractivity contribution is 5.92. The SMILES string of the molecule is COc1ccc(C(=O)Oc2cc(C)cc(OC(=O)c3ccc(OC)cc3)c2)cc1. The van der Waals surface area contributed by atoms with Crippen molar-refractivity contribution >= 4 is 11.9 Å².